The predicted octanol–water partition coefficient (Wildman–Crippen LogP) is 2.93. The van der Waals surface area contributed by atoms with Crippen molar-refractivity contribution in [1.82, 2.24) is 15.1 Å². The maximum atomic E-state index is 9.70. The molecule has 1 atom stereocenters. The van der Waals surface area contributed by atoms with E-state index in [2.05, 4.69) is 46.3 Å². The summed E-state index contributed by atoms with van der Waals surface area (Å²) in [5.41, 5.74) is 1.57. The Bertz CT molecular complexity index is 510. The molecule has 1 N–H and O–H groups in total. The van der Waals surface area contributed by atoms with E-state index in [1.54, 1.807) is 0 Å². The van der Waals surface area contributed by atoms with Gasteiger partial charge in [-0.3, -0.25) is 10.00 Å². The van der Waals surface area contributed by atoms with E-state index in [-0.39, 0.29) is 0 Å². The quantitative estimate of drug-likeness (QED) is 0.906. The minimum absolute atomic E-state index is 0.292. The van der Waals surface area contributed by atoms with Gasteiger partial charge < -0.3 is 0 Å². The summed E-state index contributed by atoms with van der Waals surface area (Å²) in [4.78, 5) is 0. The van der Waals surface area contributed by atoms with Crippen molar-refractivity contribution in [1.29, 1.82) is 5.26 Å². The molecule has 0 spiro atoms. The summed E-state index contributed by atoms with van der Waals surface area (Å²) in [5.74, 6) is 0.447. The number of halogens is 1. The molecule has 0 bridgehead atoms. The molecule has 4 nitrogen and oxygen atoms in total. The van der Waals surface area contributed by atoms with Gasteiger partial charge in [-0.2, -0.15) is 10.4 Å². The average molecular weight is 325 g/mol. The number of nitrogens with zero attached hydrogens (tertiary/aromatic N) is 3. The summed E-state index contributed by atoms with van der Waals surface area (Å²) in [6.45, 7) is 8.81. The second-order valence-electron chi connectivity index (χ2n) is 5.80. The molecule has 1 heterocycles. The van der Waals surface area contributed by atoms with E-state index in [9.17, 15) is 5.26 Å². The molecule has 104 valence electrons. The normalized spacial score (nSPS) is 18.4. The molecule has 0 aliphatic heterocycles. The first-order valence-electron chi connectivity index (χ1n) is 6.78. The molecule has 19 heavy (non-hydrogen) atoms. The maximum absolute atomic E-state index is 9.70. The molecule has 1 fully saturated rings. The fourth-order valence-electron chi connectivity index (χ4n) is 2.61. The Kier molecular flexibility index (Phi) is 4.03. The zero-order valence-electron chi connectivity index (χ0n) is 12.0. The number of nitriles is 1. The number of hydrogen-bond acceptors (Lipinski definition) is 3. The zero-order valence-corrected chi connectivity index (χ0v) is 13.6. The first kappa shape index (κ1) is 14.5. The van der Waals surface area contributed by atoms with Crippen LogP contribution in [0.3, 0.4) is 0 Å². The zero-order chi connectivity index (χ0) is 14.2. The van der Waals surface area contributed by atoms with Crippen LogP contribution in [0, 0.1) is 31.1 Å². The van der Waals surface area contributed by atoms with Crippen LogP contribution in [0.5, 0.6) is 0 Å². The predicted molar refractivity (Wildman–Crippen MR) is 78.7 cm³/mol. The summed E-state index contributed by atoms with van der Waals surface area (Å²) in [5, 5.41) is 17.7. The van der Waals surface area contributed by atoms with Gasteiger partial charge in [-0.05, 0) is 62.4 Å². The molecule has 0 aromatic carbocycles. The van der Waals surface area contributed by atoms with Crippen LogP contribution >= 0.6 is 15.9 Å². The molecule has 0 amide bonds. The van der Waals surface area contributed by atoms with Gasteiger partial charge in [0.15, 0.2) is 0 Å². The largest absolute Gasteiger partial charge is 0.295 e. The Labute approximate surface area is 123 Å². The first-order valence-corrected chi connectivity index (χ1v) is 7.57. The molecule has 1 aliphatic carbocycles. The van der Waals surface area contributed by atoms with Crippen LogP contribution in [0.25, 0.3) is 0 Å². The Balaban J connectivity index is 2.30. The number of hydrogen-bond donors (Lipinski definition) is 1. The van der Waals surface area contributed by atoms with Crippen LogP contribution in [-0.4, -0.2) is 21.4 Å². The van der Waals surface area contributed by atoms with Gasteiger partial charge >= 0.3 is 0 Å². The van der Waals surface area contributed by atoms with Gasteiger partial charge in [0, 0.05) is 11.7 Å². The van der Waals surface area contributed by atoms with Crippen molar-refractivity contribution < 1.29 is 0 Å². The summed E-state index contributed by atoms with van der Waals surface area (Å²) in [7, 11) is 0. The van der Waals surface area contributed by atoms with Crippen molar-refractivity contribution in [2.24, 2.45) is 5.92 Å². The van der Waals surface area contributed by atoms with E-state index in [0.717, 1.165) is 28.7 Å². The Morgan fingerprint density at radius 1 is 1.53 bits per heavy atom. The van der Waals surface area contributed by atoms with Gasteiger partial charge in [0.1, 0.15) is 5.54 Å². The van der Waals surface area contributed by atoms with E-state index in [4.69, 9.17) is 0 Å². The molecule has 0 saturated heterocycles. The minimum atomic E-state index is -0.489. The molecular formula is C14H21BrN4. The van der Waals surface area contributed by atoms with E-state index in [0.29, 0.717) is 18.5 Å². The van der Waals surface area contributed by atoms with Crippen molar-refractivity contribution in [3.63, 3.8) is 0 Å². The van der Waals surface area contributed by atoms with Crippen LogP contribution < -0.4 is 5.32 Å². The maximum Gasteiger partial charge on any atom is 0.129 e. The van der Waals surface area contributed by atoms with Crippen LogP contribution in [0.1, 0.15) is 38.1 Å². The fourth-order valence-corrected chi connectivity index (χ4v) is 2.89. The Hall–Kier alpha value is -0.860. The summed E-state index contributed by atoms with van der Waals surface area (Å²) < 4.78 is 3.00. The highest BCUT2D eigenvalue weighted by atomic mass is 79.9. The Morgan fingerprint density at radius 2 is 2.16 bits per heavy atom. The van der Waals surface area contributed by atoms with Crippen molar-refractivity contribution in [2.45, 2.75) is 58.7 Å². The van der Waals surface area contributed by atoms with Gasteiger partial charge in [0.05, 0.1) is 22.8 Å². The number of aryl methyl sites for hydroxylation is 1. The van der Waals surface area contributed by atoms with Crippen molar-refractivity contribution in [3.05, 3.63) is 15.9 Å². The molecular weight excluding hydrogens is 304 g/mol. The second kappa shape index (κ2) is 5.26. The molecule has 2 rings (SSSR count). The van der Waals surface area contributed by atoms with Gasteiger partial charge in [0.25, 0.3) is 0 Å². The molecule has 1 saturated carbocycles. The molecule has 5 heteroatoms. The van der Waals surface area contributed by atoms with E-state index < -0.39 is 5.54 Å². The highest BCUT2D eigenvalue weighted by Gasteiger charge is 2.46. The van der Waals surface area contributed by atoms with E-state index in [1.807, 2.05) is 18.5 Å². The van der Waals surface area contributed by atoms with Crippen LogP contribution in [-0.2, 0) is 6.54 Å². The standard InChI is InChI=1S/C14H21BrN4/c1-9(2)17-14(7-16,12-5-6-12)8-19-11(4)13(15)10(3)18-19/h9,12,17H,5-6,8H2,1-4H3. The summed E-state index contributed by atoms with van der Waals surface area (Å²) >= 11 is 3.55. The minimum Gasteiger partial charge on any atom is -0.295 e. The lowest BCUT2D eigenvalue weighted by atomic mass is 9.93. The lowest BCUT2D eigenvalue weighted by Crippen LogP contribution is -2.52. The van der Waals surface area contributed by atoms with E-state index in [1.165, 1.54) is 0 Å². The van der Waals surface area contributed by atoms with Gasteiger partial charge in [-0.15, -0.1) is 0 Å². The average Bonchev–Trinajstić information content (AvgIpc) is 3.15. The highest BCUT2D eigenvalue weighted by molar-refractivity contribution is 9.10. The third-order valence-electron chi connectivity index (χ3n) is 3.71. The molecule has 1 aromatic rings. The molecule has 0 radical (unpaired) electrons. The molecule has 1 aromatic heterocycles. The third-order valence-corrected chi connectivity index (χ3v) is 4.86. The second-order valence-corrected chi connectivity index (χ2v) is 6.59. The Morgan fingerprint density at radius 3 is 2.53 bits per heavy atom. The van der Waals surface area contributed by atoms with E-state index >= 15 is 0 Å². The summed E-state index contributed by atoms with van der Waals surface area (Å²) in [6, 6.07) is 2.82. The fraction of sp³-hybridized carbons (Fsp3) is 0.714. The van der Waals surface area contributed by atoms with Crippen LogP contribution in [0.15, 0.2) is 4.47 Å². The smallest absolute Gasteiger partial charge is 0.129 e. The number of aromatic nitrogens is 2. The summed E-state index contributed by atoms with van der Waals surface area (Å²) in [6.07, 6.45) is 2.27. The number of nitrogens with one attached hydrogen (secondary N) is 1. The van der Waals surface area contributed by atoms with Crippen molar-refractivity contribution >= 4 is 15.9 Å². The highest BCUT2D eigenvalue weighted by Crippen LogP contribution is 2.41. The third kappa shape index (κ3) is 2.85. The lowest BCUT2D eigenvalue weighted by molar-refractivity contribution is 0.281. The van der Waals surface area contributed by atoms with Crippen LogP contribution in [0.2, 0.25) is 0 Å². The van der Waals surface area contributed by atoms with Crippen molar-refractivity contribution in [2.75, 3.05) is 0 Å². The number of rotatable bonds is 5. The molecule has 1 aliphatic rings. The van der Waals surface area contributed by atoms with Gasteiger partial charge in [0.2, 0.25) is 0 Å². The first-order chi connectivity index (χ1) is 8.89. The van der Waals surface area contributed by atoms with Gasteiger partial charge in [-0.1, -0.05) is 0 Å². The topological polar surface area (TPSA) is 53.6 Å². The van der Waals surface area contributed by atoms with Gasteiger partial charge in [-0.25, -0.2) is 0 Å². The van der Waals surface area contributed by atoms with Crippen molar-refractivity contribution in [3.8, 4) is 6.07 Å². The lowest BCUT2D eigenvalue weighted by Gasteiger charge is -2.30. The van der Waals surface area contributed by atoms with Crippen LogP contribution in [0.4, 0.5) is 0 Å². The molecule has 1 unspecified atom stereocenters. The SMILES string of the molecule is Cc1nn(CC(C#N)(NC(C)C)C2CC2)c(C)c1Br. The monoisotopic (exact) mass is 324 g/mol.